The van der Waals surface area contributed by atoms with Crippen molar-refractivity contribution in [2.24, 2.45) is 28.7 Å². The molecule has 65 heavy (non-hydrogen) atoms. The maximum atomic E-state index is 15.9. The summed E-state index contributed by atoms with van der Waals surface area (Å²) in [5.74, 6) is -1.11. The molecule has 2 aromatic rings. The lowest BCUT2D eigenvalue weighted by Crippen LogP contribution is -2.75. The van der Waals surface area contributed by atoms with Gasteiger partial charge in [0.05, 0.1) is 47.3 Å². The van der Waals surface area contributed by atoms with Crippen LogP contribution in [-0.4, -0.2) is 95.3 Å². The molecule has 4 aliphatic heterocycles. The Hall–Kier alpha value is -5.14. The largest absolute Gasteiger partial charge is 0.491 e. The Labute approximate surface area is 381 Å². The first-order valence-corrected chi connectivity index (χ1v) is 23.3. The van der Waals surface area contributed by atoms with E-state index in [9.17, 15) is 19.8 Å². The van der Waals surface area contributed by atoms with Crippen LogP contribution in [0, 0.1) is 23.7 Å². The van der Waals surface area contributed by atoms with Gasteiger partial charge in [0.25, 0.3) is 0 Å². The van der Waals surface area contributed by atoms with E-state index in [1.165, 1.54) is 5.57 Å². The molecule has 12 heteroatoms. The van der Waals surface area contributed by atoms with E-state index < -0.39 is 40.2 Å². The summed E-state index contributed by atoms with van der Waals surface area (Å²) in [6, 6.07) is 7.60. The Morgan fingerprint density at radius 2 is 1.68 bits per heavy atom. The summed E-state index contributed by atoms with van der Waals surface area (Å²) in [5.41, 5.74) is 3.74. The maximum Gasteiger partial charge on any atom is 0.246 e. The van der Waals surface area contributed by atoms with E-state index in [0.717, 1.165) is 40.7 Å². The second kappa shape index (κ2) is 16.6. The van der Waals surface area contributed by atoms with Gasteiger partial charge in [-0.15, -0.1) is 0 Å². The van der Waals surface area contributed by atoms with Gasteiger partial charge in [0, 0.05) is 71.6 Å². The van der Waals surface area contributed by atoms with Crippen LogP contribution < -0.4 is 24.8 Å². The fourth-order valence-electron chi connectivity index (χ4n) is 11.9. The zero-order chi connectivity index (χ0) is 46.2. The SMILES string of the molecule is CC(C)=CCCC1(C)C=Cc2c(c(CC=C(C)C)c3c(c2OCCNCCO)C2=C4C(C5CC6C(C)(C)OC(CC=C(C)C(=O)NCCO)(C5=O)C46O3)C3C(=O)c4ccccc4C3=N2)O1. The molecule has 7 unspecified atom stereocenters. The third-order valence-electron chi connectivity index (χ3n) is 14.8. The Morgan fingerprint density at radius 1 is 0.938 bits per heavy atom. The van der Waals surface area contributed by atoms with Crippen LogP contribution in [0.5, 0.6) is 17.2 Å². The molecule has 4 bridgehead atoms. The van der Waals surface area contributed by atoms with Crippen LogP contribution in [0.25, 0.3) is 11.8 Å². The number of ketones is 2. The van der Waals surface area contributed by atoms with E-state index in [4.69, 9.17) is 23.9 Å². The smallest absolute Gasteiger partial charge is 0.246 e. The molecule has 10 rings (SSSR count). The summed E-state index contributed by atoms with van der Waals surface area (Å²) < 4.78 is 29.4. The summed E-state index contributed by atoms with van der Waals surface area (Å²) in [7, 11) is 0. The molecule has 1 saturated heterocycles. The fourth-order valence-corrected chi connectivity index (χ4v) is 11.9. The Bertz CT molecular complexity index is 2550. The predicted molar refractivity (Wildman–Crippen MR) is 249 cm³/mol. The first-order valence-electron chi connectivity index (χ1n) is 23.3. The molecule has 12 nitrogen and oxygen atoms in total. The van der Waals surface area contributed by atoms with Gasteiger partial charge in [0.2, 0.25) is 5.91 Å². The van der Waals surface area contributed by atoms with E-state index in [1.807, 2.05) is 38.1 Å². The number of Topliss-reactive ketones (excluding diaryl/α,β-unsaturated/α-hetero) is 2. The Morgan fingerprint density at radius 3 is 2.40 bits per heavy atom. The van der Waals surface area contributed by atoms with Crippen LogP contribution in [0.2, 0.25) is 0 Å². The molecule has 3 saturated carbocycles. The van der Waals surface area contributed by atoms with Crippen molar-refractivity contribution in [1.29, 1.82) is 0 Å². The molecular weight excluding hydrogens is 823 g/mol. The molecule has 0 radical (unpaired) electrons. The van der Waals surface area contributed by atoms with Gasteiger partial charge in [-0.25, -0.2) is 0 Å². The molecule has 4 aliphatic carbocycles. The van der Waals surface area contributed by atoms with Crippen molar-refractivity contribution in [3.63, 3.8) is 0 Å². The van der Waals surface area contributed by atoms with Crippen molar-refractivity contribution in [3.05, 3.63) is 98.7 Å². The average molecular weight is 886 g/mol. The standard InChI is InChI=1S/C53H63N3O9/c1-29(2)12-11-19-51(8)20-18-35-45(63-51)34(16-15-30(3)4)47-40(46(35)62-27-24-54-22-25-57)43-41-38(39-42(56-43)32-13-9-10-14-33(32)44(39)59)36-28-37-50(6,7)65-52(48(36)60,53(37,41)64-47)21-17-31(5)49(61)55-23-26-58/h9-10,12-15,17-18,20,36-39,54,57-58H,11,16,19,21-28H2,1-8H3,(H,55,61). The third-order valence-corrected chi connectivity index (χ3v) is 14.8. The van der Waals surface area contributed by atoms with Crippen LogP contribution in [0.3, 0.4) is 0 Å². The molecular formula is C53H63N3O9. The lowest BCUT2D eigenvalue weighted by molar-refractivity contribution is -0.182. The summed E-state index contributed by atoms with van der Waals surface area (Å²) >= 11 is 0. The molecule has 4 fully saturated rings. The van der Waals surface area contributed by atoms with Crippen LogP contribution in [-0.2, 0) is 20.7 Å². The zero-order valence-electron chi connectivity index (χ0n) is 39.0. The monoisotopic (exact) mass is 885 g/mol. The van der Waals surface area contributed by atoms with Gasteiger partial charge in [-0.3, -0.25) is 19.4 Å². The predicted octanol–water partition coefficient (Wildman–Crippen LogP) is 7.05. The number of hydrogen-bond acceptors (Lipinski definition) is 11. The molecule has 1 spiro atoms. The maximum absolute atomic E-state index is 15.9. The summed E-state index contributed by atoms with van der Waals surface area (Å²) in [5, 5.41) is 25.0. The number of nitrogens with one attached hydrogen (secondary N) is 2. The van der Waals surface area contributed by atoms with Crippen molar-refractivity contribution < 1.29 is 43.5 Å². The van der Waals surface area contributed by atoms with Gasteiger partial charge in [0.1, 0.15) is 29.5 Å². The highest BCUT2D eigenvalue weighted by atomic mass is 16.6. The summed E-state index contributed by atoms with van der Waals surface area (Å²) in [6.45, 7) is 17.1. The van der Waals surface area contributed by atoms with E-state index >= 15 is 4.79 Å². The topological polar surface area (TPSA) is 165 Å². The van der Waals surface area contributed by atoms with E-state index in [1.54, 1.807) is 13.0 Å². The van der Waals surface area contributed by atoms with Gasteiger partial charge >= 0.3 is 0 Å². The van der Waals surface area contributed by atoms with Gasteiger partial charge in [-0.05, 0) is 93.2 Å². The number of benzene rings is 2. The number of nitrogens with zero attached hydrogens (tertiary/aromatic N) is 1. The number of amides is 1. The van der Waals surface area contributed by atoms with Gasteiger partial charge < -0.3 is 39.8 Å². The molecule has 2 aromatic carbocycles. The lowest BCUT2D eigenvalue weighted by Gasteiger charge is -2.62. The van der Waals surface area contributed by atoms with E-state index in [2.05, 4.69) is 69.6 Å². The first-order chi connectivity index (χ1) is 31.0. The number of allylic oxidation sites excluding steroid dienone is 4. The number of carbonyl (C=O) groups excluding carboxylic acids is 3. The minimum Gasteiger partial charge on any atom is -0.491 e. The highest BCUT2D eigenvalue weighted by Gasteiger charge is 2.84. The van der Waals surface area contributed by atoms with E-state index in [-0.39, 0.29) is 56.2 Å². The Kier molecular flexibility index (Phi) is 11.5. The number of ether oxygens (including phenoxy) is 4. The van der Waals surface area contributed by atoms with Gasteiger partial charge in [-0.1, -0.05) is 53.6 Å². The number of aliphatic hydroxyl groups excluding tert-OH is 2. The molecule has 1 amide bonds. The van der Waals surface area contributed by atoms with Gasteiger partial charge in [0.15, 0.2) is 22.8 Å². The fraction of sp³-hybridized carbons (Fsp3) is 0.509. The summed E-state index contributed by atoms with van der Waals surface area (Å²) in [6.07, 6.45) is 12.8. The number of fused-ring (bicyclic) bond motifs is 6. The Balaban J connectivity index is 1.35. The molecule has 344 valence electrons. The highest BCUT2D eigenvalue weighted by molar-refractivity contribution is 6.31. The second-order valence-corrected chi connectivity index (χ2v) is 20.0. The van der Waals surface area contributed by atoms with Crippen LogP contribution >= 0.6 is 0 Å². The van der Waals surface area contributed by atoms with Crippen molar-refractivity contribution in [1.82, 2.24) is 10.6 Å². The first kappa shape index (κ1) is 45.0. The highest BCUT2D eigenvalue weighted by Crippen LogP contribution is 2.74. The number of carbonyl (C=O) groups is 3. The number of aliphatic imine (C=N–C) groups is 1. The molecule has 0 aromatic heterocycles. The molecule has 4 N–H and O–H groups in total. The van der Waals surface area contributed by atoms with Crippen LogP contribution in [0.15, 0.2) is 75.9 Å². The van der Waals surface area contributed by atoms with E-state index in [0.29, 0.717) is 71.3 Å². The van der Waals surface area contributed by atoms with Gasteiger partial charge in [-0.2, -0.15) is 0 Å². The van der Waals surface area contributed by atoms with Crippen molar-refractivity contribution in [2.75, 3.05) is 39.5 Å². The normalized spacial score (nSPS) is 29.1. The van der Waals surface area contributed by atoms with Crippen molar-refractivity contribution in [3.8, 4) is 17.2 Å². The molecule has 7 atom stereocenters. The van der Waals surface area contributed by atoms with Crippen molar-refractivity contribution >= 4 is 35.0 Å². The average Bonchev–Trinajstić information content (AvgIpc) is 3.63. The third kappa shape index (κ3) is 6.92. The quantitative estimate of drug-likeness (QED) is 0.0780. The minimum atomic E-state index is -1.60. The van der Waals surface area contributed by atoms with Crippen LogP contribution in [0.4, 0.5) is 0 Å². The molecule has 8 aliphatic rings. The second-order valence-electron chi connectivity index (χ2n) is 20.0. The minimum absolute atomic E-state index is 0.0125. The lowest BCUT2D eigenvalue weighted by atomic mass is 9.43. The number of rotatable bonds is 16. The molecule has 4 heterocycles. The zero-order valence-corrected chi connectivity index (χ0v) is 39.0. The van der Waals surface area contributed by atoms with Crippen molar-refractivity contribution in [2.45, 2.75) is 110 Å². The van der Waals surface area contributed by atoms with Crippen LogP contribution in [0.1, 0.15) is 114 Å². The number of hydrogen-bond donors (Lipinski definition) is 4. The number of aliphatic hydroxyl groups is 2. The summed E-state index contributed by atoms with van der Waals surface area (Å²) in [4.78, 5) is 49.6.